The number of ether oxygens (including phenoxy) is 1. The SMILES string of the molecule is Cc1cn2c(nc1=O)OCC2. The van der Waals surface area contributed by atoms with Gasteiger partial charge in [0.1, 0.15) is 6.61 Å². The van der Waals surface area contributed by atoms with Crippen LogP contribution in [-0.2, 0) is 6.54 Å². The first-order valence-electron chi connectivity index (χ1n) is 3.48. The van der Waals surface area contributed by atoms with E-state index in [-0.39, 0.29) is 5.56 Å². The summed E-state index contributed by atoms with van der Waals surface area (Å²) in [6.07, 6.45) is 1.78. The summed E-state index contributed by atoms with van der Waals surface area (Å²) in [5, 5.41) is 0. The summed E-state index contributed by atoms with van der Waals surface area (Å²) in [6.45, 7) is 3.17. The Bertz CT molecular complexity index is 343. The van der Waals surface area contributed by atoms with Crippen LogP contribution >= 0.6 is 0 Å². The van der Waals surface area contributed by atoms with Crippen LogP contribution in [0.15, 0.2) is 11.0 Å². The first kappa shape index (κ1) is 6.39. The van der Waals surface area contributed by atoms with E-state index in [1.807, 2.05) is 4.57 Å². The molecule has 4 heteroatoms. The van der Waals surface area contributed by atoms with Crippen molar-refractivity contribution in [3.8, 4) is 6.01 Å². The van der Waals surface area contributed by atoms with Crippen LogP contribution in [0.25, 0.3) is 0 Å². The fraction of sp³-hybridized carbons (Fsp3) is 0.429. The summed E-state index contributed by atoms with van der Waals surface area (Å²) in [5.74, 6) is 0. The standard InChI is InChI=1S/C7H8N2O2/c1-5-4-9-2-3-11-7(9)8-6(5)10/h4H,2-3H2,1H3. The van der Waals surface area contributed by atoms with Crippen molar-refractivity contribution in [2.45, 2.75) is 13.5 Å². The highest BCUT2D eigenvalue weighted by Gasteiger charge is 2.12. The van der Waals surface area contributed by atoms with E-state index < -0.39 is 0 Å². The minimum atomic E-state index is -0.196. The zero-order valence-electron chi connectivity index (χ0n) is 6.20. The van der Waals surface area contributed by atoms with E-state index in [1.54, 1.807) is 13.1 Å². The first-order valence-corrected chi connectivity index (χ1v) is 3.48. The number of hydrogen-bond acceptors (Lipinski definition) is 3. The largest absolute Gasteiger partial charge is 0.463 e. The lowest BCUT2D eigenvalue weighted by Gasteiger charge is -1.98. The lowest BCUT2D eigenvalue weighted by Crippen LogP contribution is -2.12. The molecule has 0 bridgehead atoms. The molecule has 1 aliphatic heterocycles. The molecule has 1 aromatic rings. The third kappa shape index (κ3) is 0.906. The van der Waals surface area contributed by atoms with Crippen molar-refractivity contribution in [2.24, 2.45) is 0 Å². The lowest BCUT2D eigenvalue weighted by molar-refractivity contribution is 0.343. The van der Waals surface area contributed by atoms with Gasteiger partial charge in [-0.3, -0.25) is 9.36 Å². The van der Waals surface area contributed by atoms with E-state index in [0.717, 1.165) is 6.54 Å². The number of rotatable bonds is 0. The van der Waals surface area contributed by atoms with E-state index in [0.29, 0.717) is 18.2 Å². The summed E-state index contributed by atoms with van der Waals surface area (Å²) in [5.41, 5.74) is 0.470. The highest BCUT2D eigenvalue weighted by atomic mass is 16.5. The third-order valence-electron chi connectivity index (χ3n) is 1.69. The molecule has 11 heavy (non-hydrogen) atoms. The van der Waals surface area contributed by atoms with Crippen molar-refractivity contribution in [2.75, 3.05) is 6.61 Å². The normalized spacial score (nSPS) is 14.3. The quantitative estimate of drug-likeness (QED) is 0.523. The summed E-state index contributed by atoms with van der Waals surface area (Å²) in [4.78, 5) is 14.7. The van der Waals surface area contributed by atoms with Crippen LogP contribution in [-0.4, -0.2) is 16.2 Å². The second kappa shape index (κ2) is 2.08. The fourth-order valence-corrected chi connectivity index (χ4v) is 1.09. The number of aryl methyl sites for hydroxylation is 1. The number of aromatic nitrogens is 2. The Morgan fingerprint density at radius 1 is 1.73 bits per heavy atom. The van der Waals surface area contributed by atoms with E-state index in [1.165, 1.54) is 0 Å². The Morgan fingerprint density at radius 2 is 2.55 bits per heavy atom. The van der Waals surface area contributed by atoms with Crippen LogP contribution in [0.3, 0.4) is 0 Å². The van der Waals surface area contributed by atoms with E-state index in [2.05, 4.69) is 4.98 Å². The topological polar surface area (TPSA) is 44.1 Å². The summed E-state index contributed by atoms with van der Waals surface area (Å²) >= 11 is 0. The molecule has 0 fully saturated rings. The Labute approximate surface area is 63.4 Å². The van der Waals surface area contributed by atoms with Crippen molar-refractivity contribution < 1.29 is 4.74 Å². The summed E-state index contributed by atoms with van der Waals surface area (Å²) in [7, 11) is 0. The maximum Gasteiger partial charge on any atom is 0.299 e. The van der Waals surface area contributed by atoms with Gasteiger partial charge in [0, 0.05) is 11.8 Å². The second-order valence-corrected chi connectivity index (χ2v) is 2.55. The van der Waals surface area contributed by atoms with Crippen LogP contribution < -0.4 is 10.3 Å². The molecule has 0 saturated carbocycles. The van der Waals surface area contributed by atoms with Crippen LogP contribution in [0, 0.1) is 6.92 Å². The average Bonchev–Trinajstić information content (AvgIpc) is 2.36. The molecule has 0 aliphatic carbocycles. The van der Waals surface area contributed by atoms with Crippen LogP contribution in [0.4, 0.5) is 0 Å². The van der Waals surface area contributed by atoms with Gasteiger partial charge in [-0.25, -0.2) is 0 Å². The zero-order chi connectivity index (χ0) is 7.84. The first-order chi connectivity index (χ1) is 5.27. The summed E-state index contributed by atoms with van der Waals surface area (Å²) < 4.78 is 6.93. The summed E-state index contributed by atoms with van der Waals surface area (Å²) in [6, 6.07) is 0.445. The molecule has 0 radical (unpaired) electrons. The van der Waals surface area contributed by atoms with Gasteiger partial charge in [-0.05, 0) is 6.92 Å². The van der Waals surface area contributed by atoms with Crippen molar-refractivity contribution in [3.63, 3.8) is 0 Å². The molecule has 58 valence electrons. The minimum Gasteiger partial charge on any atom is -0.463 e. The maximum absolute atomic E-state index is 11.0. The van der Waals surface area contributed by atoms with E-state index >= 15 is 0 Å². The van der Waals surface area contributed by atoms with Crippen LogP contribution in [0.5, 0.6) is 6.01 Å². The Balaban J connectivity index is 2.66. The molecule has 0 unspecified atom stereocenters. The van der Waals surface area contributed by atoms with Crippen molar-refractivity contribution in [3.05, 3.63) is 22.1 Å². The van der Waals surface area contributed by atoms with Crippen LogP contribution in [0.2, 0.25) is 0 Å². The van der Waals surface area contributed by atoms with E-state index in [9.17, 15) is 4.79 Å². The van der Waals surface area contributed by atoms with Crippen molar-refractivity contribution in [1.29, 1.82) is 0 Å². The fourth-order valence-electron chi connectivity index (χ4n) is 1.09. The highest BCUT2D eigenvalue weighted by Crippen LogP contribution is 2.10. The molecule has 2 heterocycles. The molecule has 0 N–H and O–H groups in total. The molecule has 2 rings (SSSR count). The smallest absolute Gasteiger partial charge is 0.299 e. The second-order valence-electron chi connectivity index (χ2n) is 2.55. The monoisotopic (exact) mass is 152 g/mol. The minimum absolute atomic E-state index is 0.196. The number of nitrogens with zero attached hydrogens (tertiary/aromatic N) is 2. The lowest BCUT2D eigenvalue weighted by atomic mass is 10.4. The molecule has 4 nitrogen and oxygen atoms in total. The number of fused-ring (bicyclic) bond motifs is 1. The molecule has 0 aromatic carbocycles. The third-order valence-corrected chi connectivity index (χ3v) is 1.69. The van der Waals surface area contributed by atoms with Gasteiger partial charge in [-0.2, -0.15) is 4.98 Å². The zero-order valence-corrected chi connectivity index (χ0v) is 6.20. The van der Waals surface area contributed by atoms with Crippen LogP contribution in [0.1, 0.15) is 5.56 Å². The predicted molar refractivity (Wildman–Crippen MR) is 38.7 cm³/mol. The van der Waals surface area contributed by atoms with Gasteiger partial charge in [-0.1, -0.05) is 0 Å². The molecular weight excluding hydrogens is 144 g/mol. The highest BCUT2D eigenvalue weighted by molar-refractivity contribution is 5.09. The molecule has 1 aliphatic rings. The van der Waals surface area contributed by atoms with Gasteiger partial charge in [0.15, 0.2) is 0 Å². The number of hydrogen-bond donors (Lipinski definition) is 0. The predicted octanol–water partition coefficient (Wildman–Crippen LogP) is -0.0559. The van der Waals surface area contributed by atoms with Crippen molar-refractivity contribution >= 4 is 0 Å². The molecule has 0 atom stereocenters. The van der Waals surface area contributed by atoms with Gasteiger partial charge in [0.25, 0.3) is 11.6 Å². The maximum atomic E-state index is 11.0. The Morgan fingerprint density at radius 3 is 3.36 bits per heavy atom. The molecule has 1 aromatic heterocycles. The average molecular weight is 152 g/mol. The Hall–Kier alpha value is -1.32. The molecular formula is C7H8N2O2. The molecule has 0 saturated heterocycles. The van der Waals surface area contributed by atoms with Gasteiger partial charge in [0.05, 0.1) is 6.54 Å². The van der Waals surface area contributed by atoms with Crippen molar-refractivity contribution in [1.82, 2.24) is 9.55 Å². The van der Waals surface area contributed by atoms with E-state index in [4.69, 9.17) is 4.74 Å². The van der Waals surface area contributed by atoms with Gasteiger partial charge in [-0.15, -0.1) is 0 Å². The Kier molecular flexibility index (Phi) is 1.21. The molecule has 0 amide bonds. The van der Waals surface area contributed by atoms with Gasteiger partial charge in [0.2, 0.25) is 0 Å². The van der Waals surface area contributed by atoms with Gasteiger partial charge < -0.3 is 4.74 Å². The molecule has 0 spiro atoms. The van der Waals surface area contributed by atoms with Gasteiger partial charge >= 0.3 is 0 Å².